The SMILES string of the molecule is O=C(NC1CCN(Cc2ccc(CF)cc2)CC1)c1cc2ccc(OC3CCN(c4ccc(C(F)(F)F)cc4)CC3)cc2o1. The number of amides is 1. The van der Waals surface area contributed by atoms with Crippen LogP contribution in [0.2, 0.25) is 0 Å². The van der Waals surface area contributed by atoms with Crippen LogP contribution in [0.1, 0.15) is 52.9 Å². The molecule has 2 aliphatic rings. The summed E-state index contributed by atoms with van der Waals surface area (Å²) < 4.78 is 63.5. The zero-order valence-electron chi connectivity index (χ0n) is 24.3. The third kappa shape index (κ3) is 7.18. The summed E-state index contributed by atoms with van der Waals surface area (Å²) in [6.07, 6.45) is -1.24. The number of carbonyl (C=O) groups is 1. The summed E-state index contributed by atoms with van der Waals surface area (Å²) in [5, 5.41) is 3.92. The van der Waals surface area contributed by atoms with Crippen molar-refractivity contribution in [2.24, 2.45) is 0 Å². The molecule has 2 saturated heterocycles. The van der Waals surface area contributed by atoms with E-state index in [2.05, 4.69) is 15.1 Å². The molecule has 10 heteroatoms. The molecule has 0 bridgehead atoms. The number of rotatable bonds is 8. The second-order valence-corrected chi connectivity index (χ2v) is 11.6. The topological polar surface area (TPSA) is 58.0 Å². The van der Waals surface area contributed by atoms with Gasteiger partial charge in [0.15, 0.2) is 5.76 Å². The third-order valence-corrected chi connectivity index (χ3v) is 8.53. The average Bonchev–Trinajstić information content (AvgIpc) is 3.46. The van der Waals surface area contributed by atoms with Crippen LogP contribution < -0.4 is 15.0 Å². The lowest BCUT2D eigenvalue weighted by atomic mass is 10.0. The smallest absolute Gasteiger partial charge is 0.416 e. The van der Waals surface area contributed by atoms with Crippen LogP contribution in [0.3, 0.4) is 0 Å². The zero-order chi connectivity index (χ0) is 30.7. The number of furan rings is 1. The van der Waals surface area contributed by atoms with E-state index in [4.69, 9.17) is 9.15 Å². The van der Waals surface area contributed by atoms with E-state index in [9.17, 15) is 22.4 Å². The van der Waals surface area contributed by atoms with Crippen molar-refractivity contribution in [3.05, 3.63) is 95.2 Å². The highest BCUT2D eigenvalue weighted by Crippen LogP contribution is 2.32. The van der Waals surface area contributed by atoms with Gasteiger partial charge in [-0.05, 0) is 66.4 Å². The minimum absolute atomic E-state index is 0.0312. The molecule has 44 heavy (non-hydrogen) atoms. The molecule has 232 valence electrons. The first-order valence-corrected chi connectivity index (χ1v) is 15.0. The minimum Gasteiger partial charge on any atom is -0.490 e. The maximum Gasteiger partial charge on any atom is 0.416 e. The fourth-order valence-corrected chi connectivity index (χ4v) is 5.97. The van der Waals surface area contributed by atoms with Gasteiger partial charge in [0, 0.05) is 68.7 Å². The second-order valence-electron chi connectivity index (χ2n) is 11.6. The first-order valence-electron chi connectivity index (χ1n) is 15.0. The van der Waals surface area contributed by atoms with Gasteiger partial charge in [-0.1, -0.05) is 24.3 Å². The molecule has 2 aliphatic heterocycles. The Labute approximate surface area is 253 Å². The quantitative estimate of drug-likeness (QED) is 0.212. The Morgan fingerprint density at radius 3 is 2.20 bits per heavy atom. The van der Waals surface area contributed by atoms with Gasteiger partial charge < -0.3 is 19.4 Å². The maximum absolute atomic E-state index is 13.0. The summed E-state index contributed by atoms with van der Waals surface area (Å²) in [7, 11) is 0. The Balaban J connectivity index is 0.976. The molecule has 6 nitrogen and oxygen atoms in total. The van der Waals surface area contributed by atoms with Gasteiger partial charge in [0.2, 0.25) is 0 Å². The van der Waals surface area contributed by atoms with Gasteiger partial charge in [0.1, 0.15) is 24.1 Å². The van der Waals surface area contributed by atoms with Crippen molar-refractivity contribution in [1.29, 1.82) is 0 Å². The minimum atomic E-state index is -4.34. The van der Waals surface area contributed by atoms with Gasteiger partial charge in [0.05, 0.1) is 5.56 Å². The number of alkyl halides is 4. The Morgan fingerprint density at radius 1 is 0.864 bits per heavy atom. The van der Waals surface area contributed by atoms with E-state index < -0.39 is 18.4 Å². The van der Waals surface area contributed by atoms with Crippen LogP contribution in [-0.4, -0.2) is 49.1 Å². The molecular formula is C34H35F4N3O3. The Hall–Kier alpha value is -4.05. The number of fused-ring (bicyclic) bond motifs is 1. The molecule has 0 atom stereocenters. The predicted molar refractivity (Wildman–Crippen MR) is 161 cm³/mol. The molecule has 3 aromatic carbocycles. The van der Waals surface area contributed by atoms with Crippen molar-refractivity contribution in [1.82, 2.24) is 10.2 Å². The number of likely N-dealkylation sites (tertiary alicyclic amines) is 1. The average molecular weight is 610 g/mol. The van der Waals surface area contributed by atoms with Crippen molar-refractivity contribution >= 4 is 22.6 Å². The number of ether oxygens (including phenoxy) is 1. The number of nitrogens with one attached hydrogen (secondary N) is 1. The number of nitrogens with zero attached hydrogens (tertiary/aromatic N) is 2. The largest absolute Gasteiger partial charge is 0.490 e. The van der Waals surface area contributed by atoms with Crippen LogP contribution >= 0.6 is 0 Å². The Bertz CT molecular complexity index is 1550. The molecule has 0 radical (unpaired) electrons. The molecule has 0 unspecified atom stereocenters. The fourth-order valence-electron chi connectivity index (χ4n) is 5.97. The lowest BCUT2D eigenvalue weighted by molar-refractivity contribution is -0.137. The summed E-state index contributed by atoms with van der Waals surface area (Å²) in [5.74, 6) is 0.676. The molecule has 1 N–H and O–H groups in total. The van der Waals surface area contributed by atoms with Gasteiger partial charge in [-0.2, -0.15) is 13.2 Å². The van der Waals surface area contributed by atoms with Crippen molar-refractivity contribution in [2.75, 3.05) is 31.1 Å². The molecule has 4 aromatic rings. The molecule has 1 amide bonds. The van der Waals surface area contributed by atoms with Crippen LogP contribution in [0.25, 0.3) is 11.0 Å². The summed E-state index contributed by atoms with van der Waals surface area (Å²) >= 11 is 0. The monoisotopic (exact) mass is 609 g/mol. The number of benzene rings is 3. The lowest BCUT2D eigenvalue weighted by Crippen LogP contribution is -2.44. The molecule has 1 aromatic heterocycles. The fraction of sp³-hybridized carbons (Fsp3) is 0.382. The van der Waals surface area contributed by atoms with Crippen LogP contribution in [0.15, 0.2) is 77.2 Å². The van der Waals surface area contributed by atoms with Gasteiger partial charge in [0.25, 0.3) is 5.91 Å². The number of anilines is 1. The Kier molecular flexibility index (Phi) is 8.79. The highest BCUT2D eigenvalue weighted by atomic mass is 19.4. The first-order chi connectivity index (χ1) is 21.2. The van der Waals surface area contributed by atoms with E-state index >= 15 is 0 Å². The standard InChI is InChI=1S/C34H35F4N3O3/c35-21-23-1-3-24(4-2-23)22-40-15-11-27(12-16-40)39-33(42)32-19-25-5-10-30(20-31(25)44-32)43-29-13-17-41(18-14-29)28-8-6-26(7-9-28)34(36,37)38/h1-10,19-20,27,29H,11-18,21-22H2,(H,39,42). The van der Waals surface area contributed by atoms with Gasteiger partial charge in [-0.25, -0.2) is 4.39 Å². The van der Waals surface area contributed by atoms with Crippen molar-refractivity contribution in [3.63, 3.8) is 0 Å². The van der Waals surface area contributed by atoms with E-state index in [0.29, 0.717) is 30.0 Å². The highest BCUT2D eigenvalue weighted by Gasteiger charge is 2.30. The van der Waals surface area contributed by atoms with Gasteiger partial charge in [-0.3, -0.25) is 9.69 Å². The summed E-state index contributed by atoms with van der Waals surface area (Å²) in [6, 6.07) is 20.2. The lowest BCUT2D eigenvalue weighted by Gasteiger charge is -2.33. The second kappa shape index (κ2) is 12.9. The molecule has 0 saturated carbocycles. The molecule has 2 fully saturated rings. The molecule has 6 rings (SSSR count). The number of carbonyl (C=O) groups excluding carboxylic acids is 1. The van der Waals surface area contributed by atoms with Crippen molar-refractivity contribution in [2.45, 2.75) is 57.2 Å². The van der Waals surface area contributed by atoms with E-state index in [1.807, 2.05) is 36.4 Å². The normalized spacial score (nSPS) is 17.2. The third-order valence-electron chi connectivity index (χ3n) is 8.53. The number of hydrogen-bond acceptors (Lipinski definition) is 5. The molecule has 3 heterocycles. The van der Waals surface area contributed by atoms with Crippen molar-refractivity contribution < 1.29 is 31.5 Å². The summed E-state index contributed by atoms with van der Waals surface area (Å²) in [4.78, 5) is 17.4. The zero-order valence-corrected chi connectivity index (χ0v) is 24.3. The molecular weight excluding hydrogens is 574 g/mol. The van der Waals surface area contributed by atoms with Crippen LogP contribution in [-0.2, 0) is 19.4 Å². The van der Waals surface area contributed by atoms with Gasteiger partial charge in [-0.15, -0.1) is 0 Å². The summed E-state index contributed by atoms with van der Waals surface area (Å²) in [6.45, 7) is 3.43. The van der Waals surface area contributed by atoms with Crippen LogP contribution in [0.5, 0.6) is 5.75 Å². The van der Waals surface area contributed by atoms with Crippen molar-refractivity contribution in [3.8, 4) is 5.75 Å². The molecule has 0 aliphatic carbocycles. The van der Waals surface area contributed by atoms with Crippen LogP contribution in [0.4, 0.5) is 23.2 Å². The van der Waals surface area contributed by atoms with E-state index in [0.717, 1.165) is 74.1 Å². The maximum atomic E-state index is 13.0. The van der Waals surface area contributed by atoms with E-state index in [-0.39, 0.29) is 23.8 Å². The Morgan fingerprint density at radius 2 is 1.55 bits per heavy atom. The predicted octanol–water partition coefficient (Wildman–Crippen LogP) is 7.36. The number of piperidine rings is 2. The first kappa shape index (κ1) is 30.0. The van der Waals surface area contributed by atoms with Gasteiger partial charge >= 0.3 is 6.18 Å². The summed E-state index contributed by atoms with van der Waals surface area (Å²) in [5.41, 5.74) is 2.53. The van der Waals surface area contributed by atoms with E-state index in [1.54, 1.807) is 12.1 Å². The van der Waals surface area contributed by atoms with Crippen LogP contribution in [0, 0.1) is 0 Å². The highest BCUT2D eigenvalue weighted by molar-refractivity contribution is 5.96. The molecule has 0 spiro atoms. The number of hydrogen-bond donors (Lipinski definition) is 1. The number of halogens is 4. The van der Waals surface area contributed by atoms with E-state index in [1.165, 1.54) is 12.1 Å².